The normalized spacial score (nSPS) is 10.9. The van der Waals surface area contributed by atoms with Gasteiger partial charge in [-0.2, -0.15) is 0 Å². The fraction of sp³-hybridized carbons (Fsp3) is 0.133. The number of nitrogens with one attached hydrogen (secondary N) is 1. The van der Waals surface area contributed by atoms with Crippen LogP contribution in [0.2, 0.25) is 0 Å². The Bertz CT molecular complexity index is 780. The van der Waals surface area contributed by atoms with Crippen LogP contribution in [0.5, 0.6) is 0 Å². The second-order valence-corrected chi connectivity index (χ2v) is 6.45. The van der Waals surface area contributed by atoms with E-state index in [1.807, 2.05) is 30.3 Å². The van der Waals surface area contributed by atoms with E-state index in [2.05, 4.69) is 21.2 Å². The van der Waals surface area contributed by atoms with Crippen LogP contribution in [0.3, 0.4) is 0 Å². The van der Waals surface area contributed by atoms with E-state index in [1.54, 1.807) is 6.26 Å². The molecule has 108 valence electrons. The Labute approximate surface area is 134 Å². The molecule has 1 aromatic carbocycles. The minimum Gasteiger partial charge on any atom is -0.469 e. The average molecular weight is 365 g/mol. The van der Waals surface area contributed by atoms with Crippen LogP contribution >= 0.6 is 27.3 Å². The number of amides is 1. The number of benzene rings is 1. The van der Waals surface area contributed by atoms with E-state index < -0.39 is 0 Å². The molecular formula is C15H13BrN2O2S. The SMILES string of the molecule is Nc1c(C(=O)NCCc2ccco2)sc2cccc(Br)c12. The maximum absolute atomic E-state index is 12.2. The zero-order valence-corrected chi connectivity index (χ0v) is 13.5. The Balaban J connectivity index is 1.75. The molecule has 6 heteroatoms. The van der Waals surface area contributed by atoms with E-state index >= 15 is 0 Å². The number of nitrogen functional groups attached to an aromatic ring is 1. The van der Waals surface area contributed by atoms with Crippen LogP contribution in [0.15, 0.2) is 45.5 Å². The number of furan rings is 1. The maximum atomic E-state index is 12.2. The first-order chi connectivity index (χ1) is 10.2. The van der Waals surface area contributed by atoms with Crippen LogP contribution in [0, 0.1) is 0 Å². The predicted octanol–water partition coefficient (Wildman–Crippen LogP) is 3.81. The monoisotopic (exact) mass is 364 g/mol. The molecule has 0 saturated carbocycles. The summed E-state index contributed by atoms with van der Waals surface area (Å²) in [4.78, 5) is 12.8. The smallest absolute Gasteiger partial charge is 0.263 e. The lowest BCUT2D eigenvalue weighted by Crippen LogP contribution is -2.25. The van der Waals surface area contributed by atoms with Crippen molar-refractivity contribution in [3.05, 3.63) is 51.7 Å². The van der Waals surface area contributed by atoms with E-state index in [0.29, 0.717) is 23.5 Å². The molecule has 0 unspecified atom stereocenters. The zero-order chi connectivity index (χ0) is 14.8. The van der Waals surface area contributed by atoms with Gasteiger partial charge in [0.1, 0.15) is 10.6 Å². The van der Waals surface area contributed by atoms with Gasteiger partial charge in [0, 0.05) is 27.5 Å². The number of hydrogen-bond donors (Lipinski definition) is 2. The second kappa shape index (κ2) is 5.91. The Hall–Kier alpha value is -1.79. The molecular weight excluding hydrogens is 352 g/mol. The van der Waals surface area contributed by atoms with Gasteiger partial charge in [-0.25, -0.2) is 0 Å². The molecule has 0 bridgehead atoms. The Morgan fingerprint density at radius 1 is 1.33 bits per heavy atom. The molecule has 0 spiro atoms. The van der Waals surface area contributed by atoms with E-state index in [1.165, 1.54) is 11.3 Å². The molecule has 21 heavy (non-hydrogen) atoms. The summed E-state index contributed by atoms with van der Waals surface area (Å²) in [6, 6.07) is 9.53. The van der Waals surface area contributed by atoms with Crippen molar-refractivity contribution in [2.45, 2.75) is 6.42 Å². The molecule has 0 radical (unpaired) electrons. The number of anilines is 1. The zero-order valence-electron chi connectivity index (χ0n) is 11.1. The molecule has 2 heterocycles. The molecule has 0 aliphatic carbocycles. The lowest BCUT2D eigenvalue weighted by Gasteiger charge is -2.03. The third-order valence-corrected chi connectivity index (χ3v) is 4.98. The van der Waals surface area contributed by atoms with E-state index in [-0.39, 0.29) is 5.91 Å². The third kappa shape index (κ3) is 2.82. The highest BCUT2D eigenvalue weighted by molar-refractivity contribution is 9.10. The fourth-order valence-electron chi connectivity index (χ4n) is 2.13. The van der Waals surface area contributed by atoms with E-state index in [9.17, 15) is 4.79 Å². The van der Waals surface area contributed by atoms with Gasteiger partial charge in [-0.3, -0.25) is 4.79 Å². The molecule has 3 rings (SSSR count). The van der Waals surface area contributed by atoms with Gasteiger partial charge in [0.05, 0.1) is 12.0 Å². The number of rotatable bonds is 4. The number of halogens is 1. The molecule has 4 nitrogen and oxygen atoms in total. The first-order valence-electron chi connectivity index (χ1n) is 6.44. The van der Waals surface area contributed by atoms with Crippen LogP contribution in [0.4, 0.5) is 5.69 Å². The minimum absolute atomic E-state index is 0.146. The van der Waals surface area contributed by atoms with Gasteiger partial charge in [0.2, 0.25) is 0 Å². The lowest BCUT2D eigenvalue weighted by atomic mass is 10.2. The van der Waals surface area contributed by atoms with Gasteiger partial charge < -0.3 is 15.5 Å². The van der Waals surface area contributed by atoms with E-state index in [0.717, 1.165) is 20.3 Å². The standard InChI is InChI=1S/C15H13BrN2O2S/c16-10-4-1-5-11-12(10)13(17)14(21-11)15(19)18-7-6-9-3-2-8-20-9/h1-5,8H,6-7,17H2,(H,18,19). The number of carbonyl (C=O) groups excluding carboxylic acids is 1. The van der Waals surface area contributed by atoms with Crippen molar-refractivity contribution in [3.63, 3.8) is 0 Å². The van der Waals surface area contributed by atoms with Gasteiger partial charge >= 0.3 is 0 Å². The first kappa shape index (κ1) is 14.2. The Morgan fingerprint density at radius 2 is 2.19 bits per heavy atom. The van der Waals surface area contributed by atoms with Crippen LogP contribution in [-0.2, 0) is 6.42 Å². The van der Waals surface area contributed by atoms with Crippen LogP contribution < -0.4 is 11.1 Å². The van der Waals surface area contributed by atoms with Crippen molar-refractivity contribution in [3.8, 4) is 0 Å². The van der Waals surface area contributed by atoms with Gasteiger partial charge in [-0.05, 0) is 24.3 Å². The highest BCUT2D eigenvalue weighted by atomic mass is 79.9. The van der Waals surface area contributed by atoms with Crippen molar-refractivity contribution >= 4 is 48.9 Å². The molecule has 1 amide bonds. The molecule has 2 aromatic heterocycles. The number of thiophene rings is 1. The topological polar surface area (TPSA) is 68.3 Å². The van der Waals surface area contributed by atoms with Gasteiger partial charge in [-0.1, -0.05) is 22.0 Å². The summed E-state index contributed by atoms with van der Waals surface area (Å²) in [5, 5.41) is 3.78. The number of fused-ring (bicyclic) bond motifs is 1. The summed E-state index contributed by atoms with van der Waals surface area (Å²) >= 11 is 4.88. The fourth-order valence-corrected chi connectivity index (χ4v) is 3.91. The average Bonchev–Trinajstić information content (AvgIpc) is 3.08. The van der Waals surface area contributed by atoms with Crippen LogP contribution in [0.1, 0.15) is 15.4 Å². The first-order valence-corrected chi connectivity index (χ1v) is 8.05. The van der Waals surface area contributed by atoms with Gasteiger partial charge in [-0.15, -0.1) is 11.3 Å². The molecule has 3 N–H and O–H groups in total. The molecule has 0 saturated heterocycles. The molecule has 0 aliphatic heterocycles. The van der Waals surface area contributed by atoms with Gasteiger partial charge in [0.25, 0.3) is 5.91 Å². The number of hydrogen-bond acceptors (Lipinski definition) is 4. The van der Waals surface area contributed by atoms with Crippen molar-refractivity contribution in [1.82, 2.24) is 5.32 Å². The van der Waals surface area contributed by atoms with Crippen molar-refractivity contribution in [2.24, 2.45) is 0 Å². The Kier molecular flexibility index (Phi) is 3.98. The number of carbonyl (C=O) groups is 1. The van der Waals surface area contributed by atoms with E-state index in [4.69, 9.17) is 10.2 Å². The maximum Gasteiger partial charge on any atom is 0.263 e. The predicted molar refractivity (Wildman–Crippen MR) is 88.7 cm³/mol. The summed E-state index contributed by atoms with van der Waals surface area (Å²) in [7, 11) is 0. The highest BCUT2D eigenvalue weighted by Crippen LogP contribution is 2.37. The molecule has 0 fully saturated rings. The summed E-state index contributed by atoms with van der Waals surface area (Å²) in [6.45, 7) is 0.515. The van der Waals surface area contributed by atoms with Crippen LogP contribution in [-0.4, -0.2) is 12.5 Å². The van der Waals surface area contributed by atoms with Crippen molar-refractivity contribution < 1.29 is 9.21 Å². The van der Waals surface area contributed by atoms with Gasteiger partial charge in [0.15, 0.2) is 0 Å². The third-order valence-electron chi connectivity index (χ3n) is 3.14. The summed E-state index contributed by atoms with van der Waals surface area (Å²) in [5.41, 5.74) is 6.63. The molecule has 0 atom stereocenters. The molecule has 0 aliphatic rings. The second-order valence-electron chi connectivity index (χ2n) is 4.54. The summed E-state index contributed by atoms with van der Waals surface area (Å²) in [6.07, 6.45) is 2.28. The largest absolute Gasteiger partial charge is 0.469 e. The molecule has 3 aromatic rings. The summed E-state index contributed by atoms with van der Waals surface area (Å²) in [5.74, 6) is 0.703. The lowest BCUT2D eigenvalue weighted by molar-refractivity contribution is 0.0958. The number of nitrogens with two attached hydrogens (primary N) is 1. The summed E-state index contributed by atoms with van der Waals surface area (Å²) < 4.78 is 7.13. The van der Waals surface area contributed by atoms with Crippen molar-refractivity contribution in [2.75, 3.05) is 12.3 Å². The Morgan fingerprint density at radius 3 is 2.90 bits per heavy atom. The minimum atomic E-state index is -0.146. The van der Waals surface area contributed by atoms with Crippen molar-refractivity contribution in [1.29, 1.82) is 0 Å². The quantitative estimate of drug-likeness (QED) is 0.739. The highest BCUT2D eigenvalue weighted by Gasteiger charge is 2.17. The van der Waals surface area contributed by atoms with Crippen LogP contribution in [0.25, 0.3) is 10.1 Å².